The van der Waals surface area contributed by atoms with Gasteiger partial charge in [0.2, 0.25) is 0 Å². The van der Waals surface area contributed by atoms with Gasteiger partial charge < -0.3 is 20.0 Å². The molecule has 0 unspecified atom stereocenters. The van der Waals surface area contributed by atoms with Crippen molar-refractivity contribution in [1.29, 1.82) is 0 Å². The molecule has 2 N–H and O–H groups in total. The van der Waals surface area contributed by atoms with Gasteiger partial charge in [0.05, 0.1) is 12.3 Å². The summed E-state index contributed by atoms with van der Waals surface area (Å²) in [6.45, 7) is 3.36. The standard InChI is InChI=1S/C25H33FN4O3/c26-19-9-11-21(12-10-19)29-13-15-30(16-14-29)22(23-8-5-17-33-23)18-27-24(31)25(32)28-20-6-3-1-2-4-7-20/h5,8-12,17,20,22H,1-4,6-7,13-16,18H2,(H,27,31)(H,28,32)/t22-/m1/s1. The van der Waals surface area contributed by atoms with Crippen molar-refractivity contribution in [3.05, 3.63) is 54.2 Å². The first-order chi connectivity index (χ1) is 16.1. The Hall–Kier alpha value is -2.87. The third kappa shape index (κ3) is 6.35. The van der Waals surface area contributed by atoms with E-state index >= 15 is 0 Å². The third-order valence-electron chi connectivity index (χ3n) is 6.67. The van der Waals surface area contributed by atoms with Gasteiger partial charge in [0.15, 0.2) is 0 Å². The Kier molecular flexibility index (Phi) is 7.99. The fourth-order valence-corrected chi connectivity index (χ4v) is 4.78. The lowest BCUT2D eigenvalue weighted by molar-refractivity contribution is -0.139. The minimum atomic E-state index is -0.597. The van der Waals surface area contributed by atoms with E-state index in [2.05, 4.69) is 20.4 Å². The molecule has 0 bridgehead atoms. The van der Waals surface area contributed by atoms with Gasteiger partial charge in [-0.2, -0.15) is 0 Å². The highest BCUT2D eigenvalue weighted by molar-refractivity contribution is 6.35. The molecule has 1 aromatic carbocycles. The summed E-state index contributed by atoms with van der Waals surface area (Å²) >= 11 is 0. The maximum absolute atomic E-state index is 13.2. The Morgan fingerprint density at radius 3 is 2.30 bits per heavy atom. The zero-order valence-electron chi connectivity index (χ0n) is 19.0. The third-order valence-corrected chi connectivity index (χ3v) is 6.67. The molecule has 0 radical (unpaired) electrons. The Morgan fingerprint density at radius 2 is 1.67 bits per heavy atom. The van der Waals surface area contributed by atoms with Crippen molar-refractivity contribution in [2.75, 3.05) is 37.6 Å². The molecule has 2 aliphatic rings. The van der Waals surface area contributed by atoms with Gasteiger partial charge in [0, 0.05) is 44.5 Å². The van der Waals surface area contributed by atoms with E-state index in [1.807, 2.05) is 12.1 Å². The van der Waals surface area contributed by atoms with E-state index in [-0.39, 0.29) is 17.9 Å². The predicted octanol–water partition coefficient (Wildman–Crippen LogP) is 3.24. The van der Waals surface area contributed by atoms with Crippen LogP contribution in [-0.2, 0) is 9.59 Å². The normalized spacial score (nSPS) is 19.0. The van der Waals surface area contributed by atoms with Crippen molar-refractivity contribution in [2.45, 2.75) is 50.6 Å². The van der Waals surface area contributed by atoms with Gasteiger partial charge >= 0.3 is 11.8 Å². The monoisotopic (exact) mass is 456 g/mol. The number of anilines is 1. The van der Waals surface area contributed by atoms with Crippen molar-refractivity contribution in [2.24, 2.45) is 0 Å². The lowest BCUT2D eigenvalue weighted by Gasteiger charge is -2.39. The maximum Gasteiger partial charge on any atom is 0.309 e. The highest BCUT2D eigenvalue weighted by Gasteiger charge is 2.28. The SMILES string of the molecule is O=C(NC[C@H](c1ccco1)N1CCN(c2ccc(F)cc2)CC1)C(=O)NC1CCCCCC1. The van der Waals surface area contributed by atoms with Crippen LogP contribution in [0.5, 0.6) is 0 Å². The van der Waals surface area contributed by atoms with Gasteiger partial charge in [-0.1, -0.05) is 25.7 Å². The summed E-state index contributed by atoms with van der Waals surface area (Å²) in [5, 5.41) is 5.72. The van der Waals surface area contributed by atoms with Crippen LogP contribution in [0.15, 0.2) is 47.1 Å². The second kappa shape index (κ2) is 11.3. The van der Waals surface area contributed by atoms with Crippen LogP contribution in [0, 0.1) is 5.82 Å². The quantitative estimate of drug-likeness (QED) is 0.516. The number of hydrogen-bond donors (Lipinski definition) is 2. The Morgan fingerprint density at radius 1 is 0.970 bits per heavy atom. The molecule has 1 aliphatic heterocycles. The summed E-state index contributed by atoms with van der Waals surface area (Å²) in [5.41, 5.74) is 0.995. The molecule has 2 aromatic rings. The van der Waals surface area contributed by atoms with E-state index in [1.54, 1.807) is 18.4 Å². The first-order valence-electron chi connectivity index (χ1n) is 12.0. The van der Waals surface area contributed by atoms with Gasteiger partial charge in [-0.3, -0.25) is 14.5 Å². The molecular weight excluding hydrogens is 423 g/mol. The van der Waals surface area contributed by atoms with Crippen LogP contribution >= 0.6 is 0 Å². The number of benzene rings is 1. The molecule has 33 heavy (non-hydrogen) atoms. The van der Waals surface area contributed by atoms with Crippen molar-refractivity contribution in [1.82, 2.24) is 15.5 Å². The van der Waals surface area contributed by atoms with Crippen molar-refractivity contribution in [3.8, 4) is 0 Å². The smallest absolute Gasteiger partial charge is 0.309 e. The average molecular weight is 457 g/mol. The molecule has 1 atom stereocenters. The summed E-state index contributed by atoms with van der Waals surface area (Å²) in [7, 11) is 0. The van der Waals surface area contributed by atoms with Crippen LogP contribution in [0.2, 0.25) is 0 Å². The van der Waals surface area contributed by atoms with E-state index in [4.69, 9.17) is 4.42 Å². The molecule has 2 amide bonds. The predicted molar refractivity (Wildman–Crippen MR) is 124 cm³/mol. The van der Waals surface area contributed by atoms with Crippen molar-refractivity contribution in [3.63, 3.8) is 0 Å². The van der Waals surface area contributed by atoms with Crippen LogP contribution in [0.3, 0.4) is 0 Å². The highest BCUT2D eigenvalue weighted by atomic mass is 19.1. The van der Waals surface area contributed by atoms with Crippen LogP contribution in [-0.4, -0.2) is 55.5 Å². The Bertz CT molecular complexity index is 887. The second-order valence-corrected chi connectivity index (χ2v) is 8.90. The van der Waals surface area contributed by atoms with E-state index in [9.17, 15) is 14.0 Å². The van der Waals surface area contributed by atoms with Crippen molar-refractivity contribution >= 4 is 17.5 Å². The average Bonchev–Trinajstić information content (AvgIpc) is 3.24. The summed E-state index contributed by atoms with van der Waals surface area (Å²) < 4.78 is 18.9. The Labute approximate surface area is 194 Å². The van der Waals surface area contributed by atoms with E-state index in [1.165, 1.54) is 25.0 Å². The zero-order chi connectivity index (χ0) is 23.0. The van der Waals surface area contributed by atoms with Gasteiger partial charge in [-0.15, -0.1) is 0 Å². The van der Waals surface area contributed by atoms with E-state index in [0.29, 0.717) is 6.54 Å². The molecule has 4 rings (SSSR count). The fourth-order valence-electron chi connectivity index (χ4n) is 4.78. The molecular formula is C25H33FN4O3. The van der Waals surface area contributed by atoms with Crippen LogP contribution in [0.25, 0.3) is 0 Å². The molecule has 1 aliphatic carbocycles. The topological polar surface area (TPSA) is 77.8 Å². The maximum atomic E-state index is 13.2. The number of nitrogens with one attached hydrogen (secondary N) is 2. The summed E-state index contributed by atoms with van der Waals surface area (Å²) in [6.07, 6.45) is 8.07. The second-order valence-electron chi connectivity index (χ2n) is 8.90. The fraction of sp³-hybridized carbons (Fsp3) is 0.520. The number of rotatable bonds is 6. The number of nitrogens with zero attached hydrogens (tertiary/aromatic N) is 2. The number of carbonyl (C=O) groups excluding carboxylic acids is 2. The molecule has 1 aromatic heterocycles. The number of amides is 2. The highest BCUT2D eigenvalue weighted by Crippen LogP contribution is 2.24. The van der Waals surface area contributed by atoms with Crippen LogP contribution in [0.1, 0.15) is 50.3 Å². The summed E-state index contributed by atoms with van der Waals surface area (Å²) in [4.78, 5) is 29.4. The molecule has 178 valence electrons. The molecule has 2 heterocycles. The Balaban J connectivity index is 1.32. The minimum absolute atomic E-state index is 0.0890. The van der Waals surface area contributed by atoms with E-state index < -0.39 is 11.8 Å². The van der Waals surface area contributed by atoms with Crippen molar-refractivity contribution < 1.29 is 18.4 Å². The number of hydrogen-bond acceptors (Lipinski definition) is 5. The molecule has 1 saturated carbocycles. The van der Waals surface area contributed by atoms with Crippen LogP contribution < -0.4 is 15.5 Å². The van der Waals surface area contributed by atoms with Crippen LogP contribution in [0.4, 0.5) is 10.1 Å². The minimum Gasteiger partial charge on any atom is -0.468 e. The lowest BCUT2D eigenvalue weighted by atomic mass is 10.1. The lowest BCUT2D eigenvalue weighted by Crippen LogP contribution is -2.51. The number of piperazine rings is 1. The molecule has 7 nitrogen and oxygen atoms in total. The summed E-state index contributed by atoms with van der Waals surface area (Å²) in [5.74, 6) is -0.634. The first-order valence-corrected chi connectivity index (χ1v) is 12.0. The van der Waals surface area contributed by atoms with Gasteiger partial charge in [0.1, 0.15) is 11.6 Å². The molecule has 2 fully saturated rings. The molecule has 1 saturated heterocycles. The van der Waals surface area contributed by atoms with Gasteiger partial charge in [-0.05, 0) is 49.2 Å². The molecule has 0 spiro atoms. The van der Waals surface area contributed by atoms with E-state index in [0.717, 1.165) is 63.3 Å². The van der Waals surface area contributed by atoms with Gasteiger partial charge in [0.25, 0.3) is 0 Å². The molecule has 8 heteroatoms. The zero-order valence-corrected chi connectivity index (χ0v) is 19.0. The number of carbonyl (C=O) groups is 2. The number of halogens is 1. The number of furan rings is 1. The first kappa shape index (κ1) is 23.3. The summed E-state index contributed by atoms with van der Waals surface area (Å²) in [6, 6.07) is 10.2. The van der Waals surface area contributed by atoms with Gasteiger partial charge in [-0.25, -0.2) is 4.39 Å². The largest absolute Gasteiger partial charge is 0.468 e.